The first-order valence-corrected chi connectivity index (χ1v) is 7.27. The van der Waals surface area contributed by atoms with E-state index in [1.165, 1.54) is 5.56 Å². The average molecular weight is 314 g/mol. The van der Waals surface area contributed by atoms with Crippen molar-refractivity contribution in [1.82, 2.24) is 5.32 Å². The maximum absolute atomic E-state index is 5.65. The standard InChI is InChI=1S/C14H20BrNO2/c15-13-3-1-2-12(10-13)11-18-9-6-16-14-4-7-17-8-5-14/h1-3,10,14,16H,4-9,11H2. The Labute approximate surface area is 117 Å². The van der Waals surface area contributed by atoms with E-state index in [0.29, 0.717) is 12.6 Å². The molecule has 1 fully saturated rings. The summed E-state index contributed by atoms with van der Waals surface area (Å²) in [5.41, 5.74) is 1.20. The first-order chi connectivity index (χ1) is 8.84. The van der Waals surface area contributed by atoms with Gasteiger partial charge in [-0.2, -0.15) is 0 Å². The fourth-order valence-electron chi connectivity index (χ4n) is 2.05. The summed E-state index contributed by atoms with van der Waals surface area (Å²) in [6.45, 7) is 4.12. The Morgan fingerprint density at radius 3 is 2.94 bits per heavy atom. The van der Waals surface area contributed by atoms with Gasteiger partial charge in [-0.25, -0.2) is 0 Å². The highest BCUT2D eigenvalue weighted by Crippen LogP contribution is 2.12. The Kier molecular flexibility index (Phi) is 6.14. The molecule has 2 rings (SSSR count). The van der Waals surface area contributed by atoms with Crippen molar-refractivity contribution in [3.8, 4) is 0 Å². The Morgan fingerprint density at radius 1 is 1.33 bits per heavy atom. The van der Waals surface area contributed by atoms with Crippen LogP contribution in [0.5, 0.6) is 0 Å². The minimum atomic E-state index is 0.605. The average Bonchev–Trinajstić information content (AvgIpc) is 2.40. The van der Waals surface area contributed by atoms with Crippen molar-refractivity contribution in [2.24, 2.45) is 0 Å². The van der Waals surface area contributed by atoms with Crippen molar-refractivity contribution >= 4 is 15.9 Å². The number of hydrogen-bond acceptors (Lipinski definition) is 3. The van der Waals surface area contributed by atoms with Crippen LogP contribution in [-0.4, -0.2) is 32.4 Å². The third kappa shape index (κ3) is 5.06. The van der Waals surface area contributed by atoms with E-state index in [9.17, 15) is 0 Å². The fraction of sp³-hybridized carbons (Fsp3) is 0.571. The molecule has 1 heterocycles. The Balaban J connectivity index is 1.55. The summed E-state index contributed by atoms with van der Waals surface area (Å²) in [4.78, 5) is 0. The normalized spacial score (nSPS) is 16.9. The van der Waals surface area contributed by atoms with Gasteiger partial charge in [-0.1, -0.05) is 28.1 Å². The molecule has 0 radical (unpaired) electrons. The summed E-state index contributed by atoms with van der Waals surface area (Å²) in [6.07, 6.45) is 2.23. The van der Waals surface area contributed by atoms with Gasteiger partial charge >= 0.3 is 0 Å². The number of hydrogen-bond donors (Lipinski definition) is 1. The van der Waals surface area contributed by atoms with E-state index in [2.05, 4.69) is 33.4 Å². The first kappa shape index (κ1) is 14.0. The first-order valence-electron chi connectivity index (χ1n) is 6.48. The van der Waals surface area contributed by atoms with E-state index in [4.69, 9.17) is 9.47 Å². The third-order valence-corrected chi connectivity index (χ3v) is 3.55. The lowest BCUT2D eigenvalue weighted by atomic mass is 10.1. The molecule has 1 aliphatic heterocycles. The lowest BCUT2D eigenvalue weighted by Gasteiger charge is -2.23. The van der Waals surface area contributed by atoms with Crippen LogP contribution in [0.4, 0.5) is 0 Å². The summed E-state index contributed by atoms with van der Waals surface area (Å²) >= 11 is 3.46. The molecule has 18 heavy (non-hydrogen) atoms. The van der Waals surface area contributed by atoms with Gasteiger partial charge in [0.15, 0.2) is 0 Å². The molecular formula is C14H20BrNO2. The number of benzene rings is 1. The second-order valence-electron chi connectivity index (χ2n) is 4.52. The maximum atomic E-state index is 5.65. The highest BCUT2D eigenvalue weighted by Gasteiger charge is 2.11. The molecule has 1 aromatic rings. The van der Waals surface area contributed by atoms with Gasteiger partial charge < -0.3 is 14.8 Å². The monoisotopic (exact) mass is 313 g/mol. The Hall–Kier alpha value is -0.420. The zero-order chi connectivity index (χ0) is 12.6. The number of halogens is 1. The number of ether oxygens (including phenoxy) is 2. The van der Waals surface area contributed by atoms with Crippen molar-refractivity contribution in [2.45, 2.75) is 25.5 Å². The molecule has 0 aliphatic carbocycles. The number of nitrogens with one attached hydrogen (secondary N) is 1. The SMILES string of the molecule is Brc1cccc(COCCNC2CCOCC2)c1. The summed E-state index contributed by atoms with van der Waals surface area (Å²) < 4.78 is 12.1. The second kappa shape index (κ2) is 7.89. The lowest BCUT2D eigenvalue weighted by molar-refractivity contribution is 0.0716. The van der Waals surface area contributed by atoms with Crippen LogP contribution in [0.1, 0.15) is 18.4 Å². The van der Waals surface area contributed by atoms with Gasteiger partial charge in [-0.3, -0.25) is 0 Å². The molecule has 0 aromatic heterocycles. The fourth-order valence-corrected chi connectivity index (χ4v) is 2.50. The van der Waals surface area contributed by atoms with Crippen LogP contribution in [0.3, 0.4) is 0 Å². The van der Waals surface area contributed by atoms with Crippen LogP contribution in [0.2, 0.25) is 0 Å². The van der Waals surface area contributed by atoms with Crippen LogP contribution in [0.15, 0.2) is 28.7 Å². The molecule has 0 amide bonds. The smallest absolute Gasteiger partial charge is 0.0717 e. The molecule has 0 bridgehead atoms. The van der Waals surface area contributed by atoms with E-state index in [1.807, 2.05) is 12.1 Å². The molecule has 0 unspecified atom stereocenters. The zero-order valence-electron chi connectivity index (χ0n) is 10.5. The molecule has 0 atom stereocenters. The predicted molar refractivity (Wildman–Crippen MR) is 75.6 cm³/mol. The van der Waals surface area contributed by atoms with Gasteiger partial charge in [0.25, 0.3) is 0 Å². The van der Waals surface area contributed by atoms with Crippen LogP contribution in [-0.2, 0) is 16.1 Å². The molecule has 1 aromatic carbocycles. The van der Waals surface area contributed by atoms with E-state index >= 15 is 0 Å². The molecular weight excluding hydrogens is 294 g/mol. The molecule has 0 spiro atoms. The van der Waals surface area contributed by atoms with Gasteiger partial charge in [0.2, 0.25) is 0 Å². The summed E-state index contributed by atoms with van der Waals surface area (Å²) in [5, 5.41) is 3.50. The van der Waals surface area contributed by atoms with E-state index < -0.39 is 0 Å². The van der Waals surface area contributed by atoms with Crippen LogP contribution in [0, 0.1) is 0 Å². The topological polar surface area (TPSA) is 30.5 Å². The van der Waals surface area contributed by atoms with E-state index in [0.717, 1.165) is 43.7 Å². The molecule has 0 saturated carbocycles. The lowest BCUT2D eigenvalue weighted by Crippen LogP contribution is -2.36. The van der Waals surface area contributed by atoms with Gasteiger partial charge in [0.1, 0.15) is 0 Å². The molecule has 1 N–H and O–H groups in total. The molecule has 4 heteroatoms. The van der Waals surface area contributed by atoms with Crippen molar-refractivity contribution in [1.29, 1.82) is 0 Å². The van der Waals surface area contributed by atoms with Gasteiger partial charge in [0, 0.05) is 30.3 Å². The summed E-state index contributed by atoms with van der Waals surface area (Å²) in [6, 6.07) is 8.83. The van der Waals surface area contributed by atoms with Gasteiger partial charge in [-0.05, 0) is 30.5 Å². The maximum Gasteiger partial charge on any atom is 0.0717 e. The summed E-state index contributed by atoms with van der Waals surface area (Å²) in [7, 11) is 0. The molecule has 1 saturated heterocycles. The largest absolute Gasteiger partial charge is 0.381 e. The van der Waals surface area contributed by atoms with Crippen molar-refractivity contribution in [3.63, 3.8) is 0 Å². The van der Waals surface area contributed by atoms with Gasteiger partial charge in [0.05, 0.1) is 13.2 Å². The third-order valence-electron chi connectivity index (χ3n) is 3.06. The molecule has 3 nitrogen and oxygen atoms in total. The van der Waals surface area contributed by atoms with E-state index in [-0.39, 0.29) is 0 Å². The summed E-state index contributed by atoms with van der Waals surface area (Å²) in [5.74, 6) is 0. The van der Waals surface area contributed by atoms with Crippen molar-refractivity contribution < 1.29 is 9.47 Å². The zero-order valence-corrected chi connectivity index (χ0v) is 12.1. The highest BCUT2D eigenvalue weighted by molar-refractivity contribution is 9.10. The molecule has 100 valence electrons. The van der Waals surface area contributed by atoms with Crippen molar-refractivity contribution in [2.75, 3.05) is 26.4 Å². The van der Waals surface area contributed by atoms with Crippen molar-refractivity contribution in [3.05, 3.63) is 34.3 Å². The van der Waals surface area contributed by atoms with Crippen LogP contribution < -0.4 is 5.32 Å². The highest BCUT2D eigenvalue weighted by atomic mass is 79.9. The predicted octanol–water partition coefficient (Wildman–Crippen LogP) is 2.73. The Bertz CT molecular complexity index is 353. The van der Waals surface area contributed by atoms with Crippen LogP contribution >= 0.6 is 15.9 Å². The minimum absolute atomic E-state index is 0.605. The molecule has 1 aliphatic rings. The quantitative estimate of drug-likeness (QED) is 0.819. The number of rotatable bonds is 6. The minimum Gasteiger partial charge on any atom is -0.381 e. The van der Waals surface area contributed by atoms with Crippen LogP contribution in [0.25, 0.3) is 0 Å². The van der Waals surface area contributed by atoms with Gasteiger partial charge in [-0.15, -0.1) is 0 Å². The Morgan fingerprint density at radius 2 is 2.17 bits per heavy atom. The second-order valence-corrected chi connectivity index (χ2v) is 5.44. The van der Waals surface area contributed by atoms with E-state index in [1.54, 1.807) is 0 Å².